The van der Waals surface area contributed by atoms with Gasteiger partial charge < -0.3 is 15.0 Å². The molecule has 0 aliphatic carbocycles. The third-order valence-corrected chi connectivity index (χ3v) is 6.91. The zero-order valence-corrected chi connectivity index (χ0v) is 19.6. The molecule has 1 aromatic heterocycles. The molecule has 1 aromatic carbocycles. The smallest absolute Gasteiger partial charge is 0.243 e. The van der Waals surface area contributed by atoms with Gasteiger partial charge in [0.2, 0.25) is 11.8 Å². The van der Waals surface area contributed by atoms with Crippen molar-refractivity contribution in [3.8, 4) is 10.4 Å². The number of likely N-dealkylation sites (tertiary alicyclic amines) is 1. The minimum Gasteiger partial charge on any atom is -0.383 e. The minimum atomic E-state index is -0.398. The van der Waals surface area contributed by atoms with Gasteiger partial charge in [-0.3, -0.25) is 14.5 Å². The van der Waals surface area contributed by atoms with Crippen molar-refractivity contribution in [2.24, 2.45) is 0 Å². The molecule has 0 unspecified atom stereocenters. The molecule has 2 atom stereocenters. The number of methoxy groups -OCH3 is 1. The zero-order valence-electron chi connectivity index (χ0n) is 18.8. The lowest BCUT2D eigenvalue weighted by molar-refractivity contribution is -0.142. The van der Waals surface area contributed by atoms with Crippen LogP contribution in [0.25, 0.3) is 10.4 Å². The molecule has 0 saturated carbocycles. The van der Waals surface area contributed by atoms with E-state index in [0.29, 0.717) is 32.7 Å². The summed E-state index contributed by atoms with van der Waals surface area (Å²) in [6.07, 6.45) is 1.55. The number of hydrogen-bond donors (Lipinski definition) is 1. The van der Waals surface area contributed by atoms with Crippen LogP contribution < -0.4 is 5.32 Å². The van der Waals surface area contributed by atoms with Crippen LogP contribution in [0.2, 0.25) is 0 Å². The Morgan fingerprint density at radius 3 is 2.74 bits per heavy atom. The predicted octanol–water partition coefficient (Wildman–Crippen LogP) is 2.69. The Hall–Kier alpha value is -2.29. The van der Waals surface area contributed by atoms with Crippen LogP contribution in [0.1, 0.15) is 31.0 Å². The fraction of sp³-hybridized carbons (Fsp3) is 0.522. The molecule has 1 N–H and O–H groups in total. The summed E-state index contributed by atoms with van der Waals surface area (Å²) in [4.78, 5) is 35.0. The van der Waals surface area contributed by atoms with Gasteiger partial charge in [-0.05, 0) is 44.9 Å². The number of aromatic nitrogens is 1. The number of nitrogens with one attached hydrogen (secondary N) is 1. The van der Waals surface area contributed by atoms with Crippen molar-refractivity contribution in [1.82, 2.24) is 20.1 Å². The Labute approximate surface area is 188 Å². The van der Waals surface area contributed by atoms with E-state index in [-0.39, 0.29) is 17.9 Å². The van der Waals surface area contributed by atoms with Gasteiger partial charge in [-0.1, -0.05) is 24.3 Å². The SMILES string of the molecule is COCCN(C)[C@@H](C)C(=O)N1CCC[C@H]1C(=O)NCc1ccc(-c2scnc2C)cc1. The molecule has 0 radical (unpaired) electrons. The second-order valence-electron chi connectivity index (χ2n) is 8.02. The maximum Gasteiger partial charge on any atom is 0.243 e. The summed E-state index contributed by atoms with van der Waals surface area (Å²) in [5.41, 5.74) is 5.04. The largest absolute Gasteiger partial charge is 0.383 e. The Morgan fingerprint density at radius 1 is 1.35 bits per heavy atom. The van der Waals surface area contributed by atoms with E-state index in [1.165, 1.54) is 4.88 Å². The Morgan fingerprint density at radius 2 is 2.10 bits per heavy atom. The lowest BCUT2D eigenvalue weighted by Crippen LogP contribution is -2.52. The van der Waals surface area contributed by atoms with E-state index in [2.05, 4.69) is 22.4 Å². The number of nitrogens with zero attached hydrogens (tertiary/aromatic N) is 3. The van der Waals surface area contributed by atoms with Crippen molar-refractivity contribution >= 4 is 23.2 Å². The van der Waals surface area contributed by atoms with Crippen molar-refractivity contribution in [2.75, 3.05) is 33.9 Å². The third-order valence-electron chi connectivity index (χ3n) is 5.93. The van der Waals surface area contributed by atoms with Crippen LogP contribution >= 0.6 is 11.3 Å². The van der Waals surface area contributed by atoms with E-state index in [4.69, 9.17) is 4.74 Å². The summed E-state index contributed by atoms with van der Waals surface area (Å²) in [5.74, 6) is -0.0829. The molecule has 1 aliphatic rings. The summed E-state index contributed by atoms with van der Waals surface area (Å²) in [7, 11) is 3.55. The number of rotatable bonds is 9. The summed E-state index contributed by atoms with van der Waals surface area (Å²) in [5, 5.41) is 3.02. The molecule has 2 heterocycles. The highest BCUT2D eigenvalue weighted by Gasteiger charge is 2.36. The average molecular weight is 445 g/mol. The lowest BCUT2D eigenvalue weighted by Gasteiger charge is -2.31. The third kappa shape index (κ3) is 5.70. The van der Waals surface area contributed by atoms with Crippen molar-refractivity contribution in [1.29, 1.82) is 0 Å². The molecule has 1 saturated heterocycles. The number of amides is 2. The quantitative estimate of drug-likeness (QED) is 0.644. The van der Waals surface area contributed by atoms with Crippen molar-refractivity contribution in [3.63, 3.8) is 0 Å². The maximum atomic E-state index is 13.0. The van der Waals surface area contributed by atoms with Crippen LogP contribution in [0.3, 0.4) is 0 Å². The first-order valence-electron chi connectivity index (χ1n) is 10.7. The average Bonchev–Trinajstić information content (AvgIpc) is 3.44. The summed E-state index contributed by atoms with van der Waals surface area (Å²) in [6.45, 7) is 6.21. The fourth-order valence-electron chi connectivity index (χ4n) is 3.82. The molecule has 0 bridgehead atoms. The van der Waals surface area contributed by atoms with Gasteiger partial charge >= 0.3 is 0 Å². The van der Waals surface area contributed by atoms with Crippen LogP contribution in [-0.4, -0.2) is 72.5 Å². The molecule has 2 aromatic rings. The normalized spacial score (nSPS) is 17.2. The highest BCUT2D eigenvalue weighted by Crippen LogP contribution is 2.27. The fourth-order valence-corrected chi connectivity index (χ4v) is 4.63. The van der Waals surface area contributed by atoms with Crippen LogP contribution in [0.15, 0.2) is 29.8 Å². The molecule has 2 amide bonds. The van der Waals surface area contributed by atoms with E-state index in [0.717, 1.165) is 23.2 Å². The van der Waals surface area contributed by atoms with Gasteiger partial charge in [0.05, 0.1) is 28.7 Å². The Balaban J connectivity index is 1.56. The van der Waals surface area contributed by atoms with Crippen LogP contribution in [0.4, 0.5) is 0 Å². The number of aryl methyl sites for hydroxylation is 1. The van der Waals surface area contributed by atoms with Gasteiger partial charge in [0, 0.05) is 26.7 Å². The van der Waals surface area contributed by atoms with E-state index in [1.54, 1.807) is 23.3 Å². The van der Waals surface area contributed by atoms with E-state index >= 15 is 0 Å². The zero-order chi connectivity index (χ0) is 22.4. The van der Waals surface area contributed by atoms with Gasteiger partial charge in [0.15, 0.2) is 0 Å². The van der Waals surface area contributed by atoms with Gasteiger partial charge in [-0.2, -0.15) is 0 Å². The van der Waals surface area contributed by atoms with Crippen molar-refractivity contribution in [2.45, 2.75) is 45.3 Å². The number of thiazole rings is 1. The van der Waals surface area contributed by atoms with Crippen molar-refractivity contribution in [3.05, 3.63) is 41.0 Å². The predicted molar refractivity (Wildman–Crippen MR) is 123 cm³/mol. The van der Waals surface area contributed by atoms with Gasteiger partial charge in [0.25, 0.3) is 0 Å². The van der Waals surface area contributed by atoms with Crippen LogP contribution in [0, 0.1) is 6.92 Å². The molecule has 31 heavy (non-hydrogen) atoms. The summed E-state index contributed by atoms with van der Waals surface area (Å²) < 4.78 is 5.10. The van der Waals surface area contributed by atoms with E-state index in [9.17, 15) is 9.59 Å². The molecular formula is C23H32N4O3S. The molecule has 1 aliphatic heterocycles. The monoisotopic (exact) mass is 444 g/mol. The van der Waals surface area contributed by atoms with E-state index in [1.807, 2.05) is 43.4 Å². The van der Waals surface area contributed by atoms with Gasteiger partial charge in [-0.25, -0.2) is 4.98 Å². The molecule has 8 heteroatoms. The number of carbonyl (C=O) groups is 2. The van der Waals surface area contributed by atoms with Gasteiger partial charge in [-0.15, -0.1) is 11.3 Å². The standard InChI is InChI=1S/C23H32N4O3S/c1-16-21(31-15-25-16)19-9-7-18(8-10-19)14-24-22(28)20-6-5-11-27(20)23(29)17(2)26(3)12-13-30-4/h7-10,15,17,20H,5-6,11-14H2,1-4H3,(H,24,28)/t17-,20-/m0/s1. The Bertz CT molecular complexity index is 883. The second kappa shape index (κ2) is 10.8. The molecule has 1 fully saturated rings. The highest BCUT2D eigenvalue weighted by molar-refractivity contribution is 7.13. The van der Waals surface area contributed by atoms with Crippen LogP contribution in [0.5, 0.6) is 0 Å². The number of likely N-dealkylation sites (N-methyl/N-ethyl adjacent to an activating group) is 1. The van der Waals surface area contributed by atoms with Crippen LogP contribution in [-0.2, 0) is 20.9 Å². The number of ether oxygens (including phenoxy) is 1. The van der Waals surface area contributed by atoms with Crippen molar-refractivity contribution < 1.29 is 14.3 Å². The Kier molecular flexibility index (Phi) is 8.17. The minimum absolute atomic E-state index is 0.000494. The lowest BCUT2D eigenvalue weighted by atomic mass is 10.1. The first kappa shape index (κ1) is 23.4. The van der Waals surface area contributed by atoms with Gasteiger partial charge in [0.1, 0.15) is 6.04 Å². The molecule has 3 rings (SSSR count). The molecular weight excluding hydrogens is 412 g/mol. The number of benzene rings is 1. The first-order valence-corrected chi connectivity index (χ1v) is 11.6. The van der Waals surface area contributed by atoms with E-state index < -0.39 is 6.04 Å². The molecule has 168 valence electrons. The first-order chi connectivity index (χ1) is 14.9. The second-order valence-corrected chi connectivity index (χ2v) is 8.88. The maximum absolute atomic E-state index is 13.0. The summed E-state index contributed by atoms with van der Waals surface area (Å²) in [6, 6.07) is 7.49. The number of hydrogen-bond acceptors (Lipinski definition) is 6. The molecule has 0 spiro atoms. The summed E-state index contributed by atoms with van der Waals surface area (Å²) >= 11 is 1.63. The topological polar surface area (TPSA) is 74.8 Å². The highest BCUT2D eigenvalue weighted by atomic mass is 32.1. The number of carbonyl (C=O) groups excluding carboxylic acids is 2. The molecule has 7 nitrogen and oxygen atoms in total.